The summed E-state index contributed by atoms with van der Waals surface area (Å²) in [7, 11) is 0. The largest absolute Gasteiger partial charge is 0.363 e. The predicted octanol–water partition coefficient (Wildman–Crippen LogP) is 4.30. The van der Waals surface area contributed by atoms with Gasteiger partial charge in [-0.05, 0) is 31.5 Å². The van der Waals surface area contributed by atoms with Crippen LogP contribution in [0.3, 0.4) is 0 Å². The average molecular weight is 329 g/mol. The first kappa shape index (κ1) is 15.3. The Hall–Kier alpha value is -3.21. The van der Waals surface area contributed by atoms with Crippen LogP contribution in [-0.2, 0) is 0 Å². The van der Waals surface area contributed by atoms with Crippen molar-refractivity contribution in [3.8, 4) is 5.69 Å². The van der Waals surface area contributed by atoms with E-state index in [1.165, 1.54) is 11.1 Å². The van der Waals surface area contributed by atoms with Crippen molar-refractivity contribution in [2.24, 2.45) is 0 Å². The van der Waals surface area contributed by atoms with E-state index >= 15 is 0 Å². The van der Waals surface area contributed by atoms with Crippen LogP contribution >= 0.6 is 0 Å². The second-order valence-electron chi connectivity index (χ2n) is 6.13. The van der Waals surface area contributed by atoms with Crippen LogP contribution in [0, 0.1) is 6.92 Å². The smallest absolute Gasteiger partial charge is 0.168 e. The Labute approximate surface area is 146 Å². The Bertz CT molecular complexity index is 990. The van der Waals surface area contributed by atoms with Crippen LogP contribution in [0.5, 0.6) is 0 Å². The maximum atomic E-state index is 4.51. The number of nitrogens with one attached hydrogen (secondary N) is 1. The zero-order chi connectivity index (χ0) is 17.2. The van der Waals surface area contributed by atoms with Gasteiger partial charge in [0.2, 0.25) is 0 Å². The molecule has 5 heteroatoms. The minimum absolute atomic E-state index is 0.141. The van der Waals surface area contributed by atoms with Crippen molar-refractivity contribution in [1.82, 2.24) is 19.7 Å². The van der Waals surface area contributed by atoms with E-state index in [4.69, 9.17) is 0 Å². The molecular weight excluding hydrogens is 310 g/mol. The molecule has 5 nitrogen and oxygen atoms in total. The summed E-state index contributed by atoms with van der Waals surface area (Å²) in [6.45, 7) is 4.19. The molecule has 0 amide bonds. The maximum Gasteiger partial charge on any atom is 0.168 e. The van der Waals surface area contributed by atoms with E-state index in [0.29, 0.717) is 0 Å². The van der Waals surface area contributed by atoms with Crippen LogP contribution in [0.2, 0.25) is 0 Å². The van der Waals surface area contributed by atoms with E-state index in [1.807, 2.05) is 41.2 Å². The van der Waals surface area contributed by atoms with Gasteiger partial charge in [0, 0.05) is 6.04 Å². The lowest BCUT2D eigenvalue weighted by molar-refractivity contribution is 0.873. The van der Waals surface area contributed by atoms with Crippen LogP contribution in [0.4, 0.5) is 5.82 Å². The summed E-state index contributed by atoms with van der Waals surface area (Å²) < 4.78 is 1.84. The molecular formula is C20H19N5. The maximum absolute atomic E-state index is 4.51. The van der Waals surface area contributed by atoms with E-state index in [1.54, 1.807) is 6.33 Å². The fraction of sp³-hybridized carbons (Fsp3) is 0.150. The van der Waals surface area contributed by atoms with Crippen molar-refractivity contribution in [3.05, 3.63) is 78.2 Å². The van der Waals surface area contributed by atoms with E-state index in [0.717, 1.165) is 22.5 Å². The zero-order valence-electron chi connectivity index (χ0n) is 14.2. The fourth-order valence-corrected chi connectivity index (χ4v) is 2.86. The van der Waals surface area contributed by atoms with E-state index in [-0.39, 0.29) is 6.04 Å². The van der Waals surface area contributed by atoms with Crippen LogP contribution in [0.15, 0.2) is 67.1 Å². The van der Waals surface area contributed by atoms with Gasteiger partial charge in [0.25, 0.3) is 0 Å². The summed E-state index contributed by atoms with van der Waals surface area (Å²) in [6, 6.07) is 18.7. The first-order chi connectivity index (χ1) is 12.2. The third kappa shape index (κ3) is 2.96. The molecule has 25 heavy (non-hydrogen) atoms. The number of fused-ring (bicyclic) bond motifs is 1. The van der Waals surface area contributed by atoms with Gasteiger partial charge < -0.3 is 5.32 Å². The average Bonchev–Trinajstić information content (AvgIpc) is 3.08. The standard InChI is InChI=1S/C20H19N5/c1-14-8-10-17(11-9-14)25-20-18(12-23-25)19(21-13-22-20)24-15(2)16-6-4-3-5-7-16/h3-13,15H,1-2H3,(H,21,22,24)/t15-/m0/s1. The normalized spacial score (nSPS) is 12.2. The lowest BCUT2D eigenvalue weighted by atomic mass is 10.1. The second kappa shape index (κ2) is 6.36. The van der Waals surface area contributed by atoms with Crippen molar-refractivity contribution in [1.29, 1.82) is 0 Å². The number of benzene rings is 2. The zero-order valence-corrected chi connectivity index (χ0v) is 14.2. The highest BCUT2D eigenvalue weighted by Gasteiger charge is 2.13. The van der Waals surface area contributed by atoms with Crippen molar-refractivity contribution in [2.75, 3.05) is 5.32 Å². The molecule has 0 fully saturated rings. The number of anilines is 1. The van der Waals surface area contributed by atoms with Gasteiger partial charge in [-0.1, -0.05) is 48.0 Å². The third-order valence-corrected chi connectivity index (χ3v) is 4.30. The number of nitrogens with zero attached hydrogens (tertiary/aromatic N) is 4. The highest BCUT2D eigenvalue weighted by molar-refractivity contribution is 5.87. The minimum Gasteiger partial charge on any atom is -0.363 e. The lowest BCUT2D eigenvalue weighted by Crippen LogP contribution is -2.08. The fourth-order valence-electron chi connectivity index (χ4n) is 2.86. The highest BCUT2D eigenvalue weighted by Crippen LogP contribution is 2.25. The molecule has 0 aliphatic rings. The molecule has 1 atom stereocenters. The Morgan fingerprint density at radius 2 is 1.72 bits per heavy atom. The molecule has 2 aromatic carbocycles. The summed E-state index contributed by atoms with van der Waals surface area (Å²) in [5.41, 5.74) is 4.21. The van der Waals surface area contributed by atoms with Crippen molar-refractivity contribution in [2.45, 2.75) is 19.9 Å². The van der Waals surface area contributed by atoms with Crippen LogP contribution in [0.25, 0.3) is 16.7 Å². The van der Waals surface area contributed by atoms with E-state index < -0.39 is 0 Å². The van der Waals surface area contributed by atoms with Crippen LogP contribution < -0.4 is 5.32 Å². The molecule has 0 saturated heterocycles. The molecule has 1 N–H and O–H groups in total. The summed E-state index contributed by atoms with van der Waals surface area (Å²) in [6.07, 6.45) is 3.39. The number of aryl methyl sites for hydroxylation is 1. The molecule has 0 unspecified atom stereocenters. The monoisotopic (exact) mass is 329 g/mol. The van der Waals surface area contributed by atoms with Crippen LogP contribution in [-0.4, -0.2) is 19.7 Å². The van der Waals surface area contributed by atoms with Gasteiger partial charge >= 0.3 is 0 Å². The van der Waals surface area contributed by atoms with Gasteiger partial charge in [-0.15, -0.1) is 0 Å². The van der Waals surface area contributed by atoms with Crippen LogP contribution in [0.1, 0.15) is 24.1 Å². The summed E-state index contributed by atoms with van der Waals surface area (Å²) in [5, 5.41) is 8.89. The summed E-state index contributed by atoms with van der Waals surface area (Å²) in [4.78, 5) is 8.85. The Morgan fingerprint density at radius 1 is 0.960 bits per heavy atom. The summed E-state index contributed by atoms with van der Waals surface area (Å²) >= 11 is 0. The molecule has 124 valence electrons. The predicted molar refractivity (Wildman–Crippen MR) is 99.9 cm³/mol. The van der Waals surface area contributed by atoms with Crippen molar-refractivity contribution < 1.29 is 0 Å². The van der Waals surface area contributed by atoms with E-state index in [9.17, 15) is 0 Å². The van der Waals surface area contributed by atoms with Crippen molar-refractivity contribution in [3.63, 3.8) is 0 Å². The minimum atomic E-state index is 0.141. The Morgan fingerprint density at radius 3 is 2.48 bits per heavy atom. The quantitative estimate of drug-likeness (QED) is 0.606. The topological polar surface area (TPSA) is 55.6 Å². The highest BCUT2D eigenvalue weighted by atomic mass is 15.3. The molecule has 2 heterocycles. The van der Waals surface area contributed by atoms with Gasteiger partial charge in [-0.2, -0.15) is 5.10 Å². The Balaban J connectivity index is 1.71. The lowest BCUT2D eigenvalue weighted by Gasteiger charge is -2.15. The van der Waals surface area contributed by atoms with Gasteiger partial charge in [-0.3, -0.25) is 0 Å². The Kier molecular flexibility index (Phi) is 3.90. The van der Waals surface area contributed by atoms with E-state index in [2.05, 4.69) is 58.5 Å². The first-order valence-corrected chi connectivity index (χ1v) is 8.29. The number of hydrogen-bond acceptors (Lipinski definition) is 4. The molecule has 0 radical (unpaired) electrons. The first-order valence-electron chi connectivity index (χ1n) is 8.29. The molecule has 4 aromatic rings. The number of rotatable bonds is 4. The second-order valence-corrected chi connectivity index (χ2v) is 6.13. The number of aromatic nitrogens is 4. The van der Waals surface area contributed by atoms with Crippen molar-refractivity contribution >= 4 is 16.9 Å². The molecule has 2 aromatic heterocycles. The van der Waals surface area contributed by atoms with Gasteiger partial charge in [0.1, 0.15) is 12.1 Å². The molecule has 0 aliphatic carbocycles. The third-order valence-electron chi connectivity index (χ3n) is 4.30. The number of hydrogen-bond donors (Lipinski definition) is 1. The SMILES string of the molecule is Cc1ccc(-n2ncc3c(N[C@@H](C)c4ccccc4)ncnc32)cc1. The molecule has 0 bridgehead atoms. The van der Waals surface area contributed by atoms with Gasteiger partial charge in [-0.25, -0.2) is 14.6 Å². The molecule has 0 aliphatic heterocycles. The molecule has 0 saturated carbocycles. The van der Waals surface area contributed by atoms with Gasteiger partial charge in [0.05, 0.1) is 17.3 Å². The molecule has 0 spiro atoms. The summed E-state index contributed by atoms with van der Waals surface area (Å²) in [5.74, 6) is 0.791. The molecule has 4 rings (SSSR count). The van der Waals surface area contributed by atoms with Gasteiger partial charge in [0.15, 0.2) is 5.65 Å².